The maximum atomic E-state index is 12.5. The van der Waals surface area contributed by atoms with Gasteiger partial charge in [-0.15, -0.1) is 0 Å². The fourth-order valence-corrected chi connectivity index (χ4v) is 7.75. The molecule has 0 fully saturated rings. The first-order valence-corrected chi connectivity index (χ1v) is 25.4. The van der Waals surface area contributed by atoms with Crippen LogP contribution in [0.4, 0.5) is 0 Å². The van der Waals surface area contributed by atoms with Crippen LogP contribution in [0.1, 0.15) is 258 Å². The van der Waals surface area contributed by atoms with E-state index in [9.17, 15) is 20.1 Å². The second-order valence-corrected chi connectivity index (χ2v) is 17.3. The SMILES string of the molecule is CC/C=C\C/C=C\CCCCCCCCCCCCCCCCC(=O)NC(CO)C(O)C(O)CCC/C=C/CC/C=C/CCCCCCCCCCCCCCCC. The molecule has 5 heteroatoms. The molecule has 0 radical (unpaired) electrons. The van der Waals surface area contributed by atoms with Gasteiger partial charge in [-0.2, -0.15) is 0 Å². The van der Waals surface area contributed by atoms with Gasteiger partial charge in [0, 0.05) is 6.42 Å². The quantitative estimate of drug-likeness (QED) is 0.0364. The Labute approximate surface area is 361 Å². The molecule has 0 aliphatic heterocycles. The standard InChI is InChI=1S/C53H99NO4/c1-3-5-7-9-11-13-15-17-19-21-23-25-26-28-29-31-33-35-37-39-41-43-45-47-51(56)53(58)50(49-55)54-52(57)48-46-44-42-40-38-36-34-32-30-27-24-22-20-18-16-14-12-10-8-6-4-2/h6,8,12,14,31,33,39,41,50-51,53,55-56,58H,3-5,7,9-11,13,15-30,32,34-38,40,42-49H2,1-2H3,(H,54,57)/b8-6-,14-12-,33-31+,41-39+. The molecule has 0 aliphatic carbocycles. The van der Waals surface area contributed by atoms with E-state index in [2.05, 4.69) is 67.8 Å². The van der Waals surface area contributed by atoms with Gasteiger partial charge in [-0.25, -0.2) is 0 Å². The van der Waals surface area contributed by atoms with Crippen LogP contribution in [-0.4, -0.2) is 46.1 Å². The van der Waals surface area contributed by atoms with Crippen LogP contribution in [0, 0.1) is 0 Å². The summed E-state index contributed by atoms with van der Waals surface area (Å²) in [6.07, 6.45) is 62.5. The van der Waals surface area contributed by atoms with Gasteiger partial charge in [-0.05, 0) is 77.0 Å². The van der Waals surface area contributed by atoms with Gasteiger partial charge in [-0.1, -0.05) is 223 Å². The molecule has 0 heterocycles. The van der Waals surface area contributed by atoms with Gasteiger partial charge < -0.3 is 20.6 Å². The summed E-state index contributed by atoms with van der Waals surface area (Å²) in [5.74, 6) is -0.158. The van der Waals surface area contributed by atoms with Crippen molar-refractivity contribution in [1.29, 1.82) is 0 Å². The van der Waals surface area contributed by atoms with E-state index in [0.717, 1.165) is 57.8 Å². The lowest BCUT2D eigenvalue weighted by molar-refractivity contribution is -0.124. The van der Waals surface area contributed by atoms with Gasteiger partial charge in [-0.3, -0.25) is 4.79 Å². The van der Waals surface area contributed by atoms with Gasteiger partial charge in [0.2, 0.25) is 5.91 Å². The molecule has 3 atom stereocenters. The van der Waals surface area contributed by atoms with Crippen molar-refractivity contribution in [2.75, 3.05) is 6.61 Å². The van der Waals surface area contributed by atoms with Gasteiger partial charge in [0.15, 0.2) is 0 Å². The molecule has 340 valence electrons. The minimum atomic E-state index is -1.17. The van der Waals surface area contributed by atoms with Gasteiger partial charge >= 0.3 is 0 Å². The van der Waals surface area contributed by atoms with E-state index in [-0.39, 0.29) is 12.5 Å². The number of aliphatic hydroxyl groups is 3. The monoisotopic (exact) mass is 814 g/mol. The molecule has 0 spiro atoms. The minimum Gasteiger partial charge on any atom is -0.394 e. The molecule has 0 rings (SSSR count). The minimum absolute atomic E-state index is 0.158. The Kier molecular flexibility index (Phi) is 46.6. The molecular weight excluding hydrogens is 715 g/mol. The van der Waals surface area contributed by atoms with Crippen LogP contribution in [0.25, 0.3) is 0 Å². The fourth-order valence-electron chi connectivity index (χ4n) is 7.75. The number of nitrogens with one attached hydrogen (secondary N) is 1. The first-order valence-electron chi connectivity index (χ1n) is 25.4. The molecule has 0 saturated heterocycles. The van der Waals surface area contributed by atoms with E-state index in [1.165, 1.54) is 173 Å². The Morgan fingerprint density at radius 3 is 1.24 bits per heavy atom. The molecule has 58 heavy (non-hydrogen) atoms. The highest BCUT2D eigenvalue weighted by Crippen LogP contribution is 2.16. The molecule has 0 aromatic rings. The normalized spacial score (nSPS) is 13.8. The van der Waals surface area contributed by atoms with Crippen molar-refractivity contribution in [1.82, 2.24) is 5.32 Å². The number of carbonyl (C=O) groups excluding carboxylic acids is 1. The van der Waals surface area contributed by atoms with Crippen molar-refractivity contribution in [3.8, 4) is 0 Å². The van der Waals surface area contributed by atoms with E-state index < -0.39 is 18.2 Å². The summed E-state index contributed by atoms with van der Waals surface area (Å²) in [5.41, 5.74) is 0. The molecule has 4 N–H and O–H groups in total. The van der Waals surface area contributed by atoms with Crippen molar-refractivity contribution in [2.24, 2.45) is 0 Å². The number of allylic oxidation sites excluding steroid dienone is 8. The molecule has 3 unspecified atom stereocenters. The summed E-state index contributed by atoms with van der Waals surface area (Å²) in [5, 5.41) is 33.7. The highest BCUT2D eigenvalue weighted by molar-refractivity contribution is 5.76. The van der Waals surface area contributed by atoms with E-state index in [0.29, 0.717) is 12.8 Å². The highest BCUT2D eigenvalue weighted by Gasteiger charge is 2.26. The number of aliphatic hydroxyl groups excluding tert-OH is 3. The maximum absolute atomic E-state index is 12.5. The van der Waals surface area contributed by atoms with Crippen molar-refractivity contribution in [2.45, 2.75) is 276 Å². The second-order valence-electron chi connectivity index (χ2n) is 17.3. The summed E-state index contributed by atoms with van der Waals surface area (Å²) in [6.45, 7) is 4.08. The van der Waals surface area contributed by atoms with Gasteiger partial charge in [0.25, 0.3) is 0 Å². The molecule has 0 aromatic carbocycles. The third kappa shape index (κ3) is 42.4. The third-order valence-electron chi connectivity index (χ3n) is 11.6. The third-order valence-corrected chi connectivity index (χ3v) is 11.6. The van der Waals surface area contributed by atoms with Crippen LogP contribution < -0.4 is 5.32 Å². The first kappa shape index (κ1) is 56.3. The molecule has 5 nitrogen and oxygen atoms in total. The zero-order valence-corrected chi connectivity index (χ0v) is 38.7. The van der Waals surface area contributed by atoms with Crippen molar-refractivity contribution in [3.63, 3.8) is 0 Å². The topological polar surface area (TPSA) is 89.8 Å². The molecule has 0 saturated carbocycles. The number of hydrogen-bond acceptors (Lipinski definition) is 4. The predicted molar refractivity (Wildman–Crippen MR) is 254 cm³/mol. The van der Waals surface area contributed by atoms with Crippen LogP contribution in [0.5, 0.6) is 0 Å². The molecule has 0 bridgehead atoms. The van der Waals surface area contributed by atoms with Crippen molar-refractivity contribution < 1.29 is 20.1 Å². The Balaban J connectivity index is 3.63. The second kappa shape index (κ2) is 48.0. The molecule has 1 amide bonds. The largest absolute Gasteiger partial charge is 0.394 e. The van der Waals surface area contributed by atoms with E-state index in [4.69, 9.17) is 0 Å². The average molecular weight is 814 g/mol. The Hall–Kier alpha value is -1.69. The van der Waals surface area contributed by atoms with Crippen molar-refractivity contribution in [3.05, 3.63) is 48.6 Å². The summed E-state index contributed by atoms with van der Waals surface area (Å²) >= 11 is 0. The smallest absolute Gasteiger partial charge is 0.220 e. The highest BCUT2D eigenvalue weighted by atomic mass is 16.3. The van der Waals surface area contributed by atoms with E-state index in [1.807, 2.05) is 0 Å². The lowest BCUT2D eigenvalue weighted by atomic mass is 10.0. The molecular formula is C53H99NO4. The van der Waals surface area contributed by atoms with Crippen LogP contribution in [0.2, 0.25) is 0 Å². The Morgan fingerprint density at radius 1 is 0.448 bits per heavy atom. The Bertz CT molecular complexity index is 943. The van der Waals surface area contributed by atoms with Crippen LogP contribution in [-0.2, 0) is 4.79 Å². The lowest BCUT2D eigenvalue weighted by Crippen LogP contribution is -2.50. The van der Waals surface area contributed by atoms with Crippen LogP contribution in [0.3, 0.4) is 0 Å². The Morgan fingerprint density at radius 2 is 0.810 bits per heavy atom. The van der Waals surface area contributed by atoms with E-state index >= 15 is 0 Å². The average Bonchev–Trinajstić information content (AvgIpc) is 3.23. The zero-order valence-electron chi connectivity index (χ0n) is 38.7. The zero-order chi connectivity index (χ0) is 42.3. The summed E-state index contributed by atoms with van der Waals surface area (Å²) in [7, 11) is 0. The number of carbonyl (C=O) groups is 1. The van der Waals surface area contributed by atoms with Crippen molar-refractivity contribution >= 4 is 5.91 Å². The number of hydrogen-bond donors (Lipinski definition) is 4. The first-order chi connectivity index (χ1) is 28.6. The summed E-state index contributed by atoms with van der Waals surface area (Å²) in [6, 6.07) is -0.834. The molecule has 0 aliphatic rings. The molecule has 0 aromatic heterocycles. The lowest BCUT2D eigenvalue weighted by Gasteiger charge is -2.26. The van der Waals surface area contributed by atoms with Gasteiger partial charge in [0.05, 0.1) is 18.8 Å². The van der Waals surface area contributed by atoms with Crippen LogP contribution in [0.15, 0.2) is 48.6 Å². The summed E-state index contributed by atoms with van der Waals surface area (Å²) < 4.78 is 0. The summed E-state index contributed by atoms with van der Waals surface area (Å²) in [4.78, 5) is 12.5. The predicted octanol–water partition coefficient (Wildman–Crippen LogP) is 15.3. The maximum Gasteiger partial charge on any atom is 0.220 e. The van der Waals surface area contributed by atoms with E-state index in [1.54, 1.807) is 0 Å². The van der Waals surface area contributed by atoms with Gasteiger partial charge in [0.1, 0.15) is 6.10 Å². The van der Waals surface area contributed by atoms with Crippen LogP contribution >= 0.6 is 0 Å². The fraction of sp³-hybridized carbons (Fsp3) is 0.830. The number of unbranched alkanes of at least 4 members (excludes halogenated alkanes) is 30. The number of rotatable bonds is 46. The number of amides is 1.